The lowest BCUT2D eigenvalue weighted by molar-refractivity contribution is -0.143. The maximum absolute atomic E-state index is 12.5. The molecule has 1 N–H and O–H groups in total. The second-order valence-electron chi connectivity index (χ2n) is 7.84. The van der Waals surface area contributed by atoms with Gasteiger partial charge in [-0.15, -0.1) is 0 Å². The van der Waals surface area contributed by atoms with Gasteiger partial charge in [-0.3, -0.25) is 4.79 Å². The highest BCUT2D eigenvalue weighted by atomic mass is 16.6. The Labute approximate surface area is 152 Å². The van der Waals surface area contributed by atoms with Gasteiger partial charge in [0, 0.05) is 24.1 Å². The summed E-state index contributed by atoms with van der Waals surface area (Å²) in [7, 11) is 1.55. The molecule has 0 aromatic heterocycles. The lowest BCUT2D eigenvalue weighted by Gasteiger charge is -2.38. The quantitative estimate of drug-likeness (QED) is 0.869. The number of fused-ring (bicyclic) bond motifs is 2. The predicted molar refractivity (Wildman–Crippen MR) is 93.7 cm³/mol. The molecule has 26 heavy (non-hydrogen) atoms. The summed E-state index contributed by atoms with van der Waals surface area (Å²) in [5, 5.41) is 9.86. The van der Waals surface area contributed by atoms with Crippen LogP contribution in [0.15, 0.2) is 18.2 Å². The Balaban J connectivity index is 2.01. The zero-order valence-corrected chi connectivity index (χ0v) is 15.6. The molecule has 1 aromatic carbocycles. The third kappa shape index (κ3) is 3.06. The first-order valence-electron chi connectivity index (χ1n) is 8.69. The Hall–Kier alpha value is -2.44. The van der Waals surface area contributed by atoms with Crippen molar-refractivity contribution < 1.29 is 28.9 Å². The number of amides is 1. The number of methoxy groups -OCH3 is 1. The number of hydrogen-bond acceptors (Lipinski definition) is 5. The molecular weight excluding hydrogens is 338 g/mol. The zero-order valence-electron chi connectivity index (χ0n) is 15.6. The van der Waals surface area contributed by atoms with Crippen molar-refractivity contribution in [3.8, 4) is 11.5 Å². The summed E-state index contributed by atoms with van der Waals surface area (Å²) in [5.41, 5.74) is -0.575. The fraction of sp³-hybridized carbons (Fsp3) is 0.579. The molecule has 2 atom stereocenters. The minimum atomic E-state index is -0.924. The van der Waals surface area contributed by atoms with E-state index >= 15 is 0 Å². The number of para-hydroxylation sites is 1. The molecule has 1 fully saturated rings. The van der Waals surface area contributed by atoms with Crippen LogP contribution in [0.3, 0.4) is 0 Å². The Morgan fingerprint density at radius 1 is 1.35 bits per heavy atom. The van der Waals surface area contributed by atoms with Crippen molar-refractivity contribution in [3.05, 3.63) is 23.8 Å². The molecular formula is C19H25NO6. The van der Waals surface area contributed by atoms with E-state index in [1.165, 1.54) is 4.90 Å². The molecule has 2 aliphatic heterocycles. The van der Waals surface area contributed by atoms with Crippen LogP contribution in [0.1, 0.15) is 32.8 Å². The number of hydrogen-bond donors (Lipinski definition) is 1. The molecule has 1 saturated heterocycles. The van der Waals surface area contributed by atoms with E-state index in [1.54, 1.807) is 33.9 Å². The highest BCUT2D eigenvalue weighted by molar-refractivity contribution is 5.78. The molecule has 0 saturated carbocycles. The number of ether oxygens (including phenoxy) is 3. The normalized spacial score (nSPS) is 24.8. The molecule has 0 bridgehead atoms. The second kappa shape index (κ2) is 6.37. The van der Waals surface area contributed by atoms with Gasteiger partial charge in [-0.2, -0.15) is 0 Å². The van der Waals surface area contributed by atoms with Gasteiger partial charge in [0.15, 0.2) is 11.5 Å². The Kier molecular flexibility index (Phi) is 4.50. The zero-order chi connectivity index (χ0) is 19.1. The van der Waals surface area contributed by atoms with Crippen molar-refractivity contribution in [2.45, 2.75) is 38.2 Å². The smallest absolute Gasteiger partial charge is 0.410 e. The molecule has 0 radical (unpaired) electrons. The van der Waals surface area contributed by atoms with E-state index in [0.717, 1.165) is 5.56 Å². The topological polar surface area (TPSA) is 85.3 Å². The minimum Gasteiger partial charge on any atom is -0.493 e. The fourth-order valence-corrected chi connectivity index (χ4v) is 3.90. The molecule has 142 valence electrons. The standard InChI is InChI=1S/C19H25NO6/c1-18(2,3)26-17(23)20-10-13(16(21)22)19(11-20)8-9-25-15-12(19)6-5-7-14(15)24-4/h5-7,13H,8-11H2,1-4H3,(H,21,22)/t13-,19-/m0/s1. The van der Waals surface area contributed by atoms with Gasteiger partial charge < -0.3 is 24.2 Å². The van der Waals surface area contributed by atoms with Crippen LogP contribution in [-0.4, -0.2) is 54.5 Å². The van der Waals surface area contributed by atoms with E-state index < -0.39 is 29.0 Å². The minimum absolute atomic E-state index is 0.112. The number of carbonyl (C=O) groups excluding carboxylic acids is 1. The first-order valence-corrected chi connectivity index (χ1v) is 8.69. The van der Waals surface area contributed by atoms with Gasteiger partial charge in [-0.05, 0) is 33.3 Å². The van der Waals surface area contributed by atoms with E-state index in [2.05, 4.69) is 0 Å². The number of benzene rings is 1. The van der Waals surface area contributed by atoms with E-state index in [4.69, 9.17) is 14.2 Å². The van der Waals surface area contributed by atoms with Crippen molar-refractivity contribution >= 4 is 12.1 Å². The summed E-state index contributed by atoms with van der Waals surface area (Å²) in [6, 6.07) is 5.48. The molecule has 3 rings (SSSR count). The predicted octanol–water partition coefficient (Wildman–Crippen LogP) is 2.67. The number of rotatable bonds is 2. The number of carboxylic acid groups (broad SMARTS) is 1. The van der Waals surface area contributed by atoms with E-state index in [9.17, 15) is 14.7 Å². The number of aliphatic carboxylic acids is 1. The Morgan fingerprint density at radius 2 is 2.08 bits per heavy atom. The second-order valence-corrected chi connectivity index (χ2v) is 7.84. The largest absolute Gasteiger partial charge is 0.493 e. The summed E-state index contributed by atoms with van der Waals surface area (Å²) in [4.78, 5) is 26.1. The average Bonchev–Trinajstić information content (AvgIpc) is 2.94. The van der Waals surface area contributed by atoms with Crippen molar-refractivity contribution in [2.24, 2.45) is 5.92 Å². The van der Waals surface area contributed by atoms with Gasteiger partial charge in [0.2, 0.25) is 0 Å². The molecule has 1 aromatic rings. The fourth-order valence-electron chi connectivity index (χ4n) is 3.90. The lowest BCUT2D eigenvalue weighted by atomic mass is 9.69. The van der Waals surface area contributed by atoms with Crippen LogP contribution < -0.4 is 9.47 Å². The Bertz CT molecular complexity index is 725. The molecule has 7 nitrogen and oxygen atoms in total. The van der Waals surface area contributed by atoms with Gasteiger partial charge in [-0.1, -0.05) is 12.1 Å². The van der Waals surface area contributed by atoms with Crippen LogP contribution in [0.2, 0.25) is 0 Å². The van der Waals surface area contributed by atoms with Gasteiger partial charge in [0.25, 0.3) is 0 Å². The van der Waals surface area contributed by atoms with Crippen LogP contribution in [-0.2, 0) is 14.9 Å². The average molecular weight is 363 g/mol. The van der Waals surface area contributed by atoms with Gasteiger partial charge in [0.05, 0.1) is 19.6 Å². The van der Waals surface area contributed by atoms with E-state index in [1.807, 2.05) is 12.1 Å². The Morgan fingerprint density at radius 3 is 2.69 bits per heavy atom. The van der Waals surface area contributed by atoms with Crippen LogP contribution in [0, 0.1) is 5.92 Å². The molecule has 1 spiro atoms. The number of likely N-dealkylation sites (tertiary alicyclic amines) is 1. The highest BCUT2D eigenvalue weighted by Crippen LogP contribution is 2.51. The summed E-state index contributed by atoms with van der Waals surface area (Å²) >= 11 is 0. The van der Waals surface area contributed by atoms with Gasteiger partial charge >= 0.3 is 12.1 Å². The molecule has 7 heteroatoms. The summed E-state index contributed by atoms with van der Waals surface area (Å²) in [5.74, 6) is -0.517. The lowest BCUT2D eigenvalue weighted by Crippen LogP contribution is -2.43. The third-order valence-electron chi connectivity index (χ3n) is 5.02. The van der Waals surface area contributed by atoms with Gasteiger partial charge in [-0.25, -0.2) is 4.79 Å². The van der Waals surface area contributed by atoms with Crippen molar-refractivity contribution in [1.82, 2.24) is 4.90 Å². The monoisotopic (exact) mass is 363 g/mol. The number of carboxylic acids is 1. The summed E-state index contributed by atoms with van der Waals surface area (Å²) in [6.07, 6.45) is 0.0280. The van der Waals surface area contributed by atoms with E-state index in [0.29, 0.717) is 24.5 Å². The maximum atomic E-state index is 12.5. The first kappa shape index (κ1) is 18.4. The first-order chi connectivity index (χ1) is 12.2. The molecule has 2 aliphatic rings. The van der Waals surface area contributed by atoms with Crippen molar-refractivity contribution in [3.63, 3.8) is 0 Å². The number of nitrogens with zero attached hydrogens (tertiary/aromatic N) is 1. The van der Waals surface area contributed by atoms with Crippen molar-refractivity contribution in [1.29, 1.82) is 0 Å². The van der Waals surface area contributed by atoms with Crippen molar-refractivity contribution in [2.75, 3.05) is 26.8 Å². The van der Waals surface area contributed by atoms with E-state index in [-0.39, 0.29) is 13.1 Å². The van der Waals surface area contributed by atoms with Crippen LogP contribution >= 0.6 is 0 Å². The molecule has 0 unspecified atom stereocenters. The van der Waals surface area contributed by atoms with Gasteiger partial charge in [0.1, 0.15) is 5.60 Å². The third-order valence-corrected chi connectivity index (χ3v) is 5.02. The van der Waals surface area contributed by atoms with Crippen LogP contribution in [0.5, 0.6) is 11.5 Å². The molecule has 0 aliphatic carbocycles. The SMILES string of the molecule is COc1cccc2c1OCC[C@]21CN(C(=O)OC(C)(C)C)C[C@H]1C(=O)O. The summed E-state index contributed by atoms with van der Waals surface area (Å²) in [6.45, 7) is 6.14. The molecule has 2 heterocycles. The highest BCUT2D eigenvalue weighted by Gasteiger charge is 2.55. The van der Waals surface area contributed by atoms with Crippen LogP contribution in [0.25, 0.3) is 0 Å². The number of carbonyl (C=O) groups is 2. The van der Waals surface area contributed by atoms with Crippen LogP contribution in [0.4, 0.5) is 4.79 Å². The maximum Gasteiger partial charge on any atom is 0.410 e. The molecule has 1 amide bonds. The summed E-state index contributed by atoms with van der Waals surface area (Å²) < 4.78 is 16.6.